The fourth-order valence-corrected chi connectivity index (χ4v) is 2.48. The van der Waals surface area contributed by atoms with Crippen LogP contribution in [-0.2, 0) is 0 Å². The Morgan fingerprint density at radius 2 is 1.79 bits per heavy atom. The van der Waals surface area contributed by atoms with Crippen LogP contribution in [0, 0.1) is 13.8 Å². The fraction of sp³-hybridized carbons (Fsp3) is 0.222. The minimum atomic E-state index is -0.366. The van der Waals surface area contributed by atoms with Crippen LogP contribution in [0.15, 0.2) is 35.4 Å². The summed E-state index contributed by atoms with van der Waals surface area (Å²) in [5, 5.41) is 4.39. The number of methoxy groups -OCH3 is 2. The lowest BCUT2D eigenvalue weighted by Gasteiger charge is -2.10. The first kappa shape index (κ1) is 17.8. The Balaban J connectivity index is 2.15. The maximum Gasteiger partial charge on any atom is 0.272 e. The second-order valence-corrected chi connectivity index (χ2v) is 5.65. The van der Waals surface area contributed by atoms with Gasteiger partial charge in [-0.15, -0.1) is 0 Å². The second-order valence-electron chi connectivity index (χ2n) is 5.25. The van der Waals surface area contributed by atoms with E-state index in [1.54, 1.807) is 38.6 Å². The van der Waals surface area contributed by atoms with E-state index >= 15 is 0 Å². The van der Waals surface area contributed by atoms with E-state index in [2.05, 4.69) is 10.5 Å². The van der Waals surface area contributed by atoms with Gasteiger partial charge in [-0.05, 0) is 49.2 Å². The molecule has 0 saturated carbocycles. The average Bonchev–Trinajstić information content (AvgIpc) is 2.55. The number of hydrogen-bond acceptors (Lipinski definition) is 4. The van der Waals surface area contributed by atoms with Crippen LogP contribution in [0.4, 0.5) is 0 Å². The number of amides is 1. The molecule has 2 aromatic carbocycles. The molecule has 2 aromatic rings. The van der Waals surface area contributed by atoms with E-state index in [-0.39, 0.29) is 5.91 Å². The van der Waals surface area contributed by atoms with Gasteiger partial charge in [0.05, 0.1) is 31.0 Å². The minimum Gasteiger partial charge on any atom is -0.493 e. The van der Waals surface area contributed by atoms with Gasteiger partial charge in [0, 0.05) is 5.56 Å². The van der Waals surface area contributed by atoms with Gasteiger partial charge in [-0.3, -0.25) is 4.79 Å². The molecule has 0 aliphatic carbocycles. The maximum absolute atomic E-state index is 12.1. The molecule has 0 radical (unpaired) electrons. The molecule has 0 bridgehead atoms. The van der Waals surface area contributed by atoms with Crippen molar-refractivity contribution in [2.45, 2.75) is 13.8 Å². The summed E-state index contributed by atoms with van der Waals surface area (Å²) in [4.78, 5) is 12.1. The number of hydrazone groups is 1. The quantitative estimate of drug-likeness (QED) is 0.662. The van der Waals surface area contributed by atoms with Gasteiger partial charge in [0.1, 0.15) is 0 Å². The molecule has 1 amide bonds. The highest BCUT2D eigenvalue weighted by Crippen LogP contribution is 2.29. The third-order valence-corrected chi connectivity index (χ3v) is 3.82. The number of nitrogens with zero attached hydrogens (tertiary/aromatic N) is 1. The smallest absolute Gasteiger partial charge is 0.272 e. The lowest BCUT2D eigenvalue weighted by molar-refractivity contribution is 0.0955. The number of rotatable bonds is 5. The lowest BCUT2D eigenvalue weighted by Crippen LogP contribution is -2.18. The molecule has 0 saturated heterocycles. The van der Waals surface area contributed by atoms with Gasteiger partial charge in [0.15, 0.2) is 11.5 Å². The molecule has 0 spiro atoms. The maximum atomic E-state index is 12.1. The summed E-state index contributed by atoms with van der Waals surface area (Å²) in [7, 11) is 3.14. The molecule has 6 heteroatoms. The topological polar surface area (TPSA) is 59.9 Å². The molecule has 126 valence electrons. The van der Waals surface area contributed by atoms with Gasteiger partial charge >= 0.3 is 0 Å². The van der Waals surface area contributed by atoms with Crippen molar-refractivity contribution in [3.63, 3.8) is 0 Å². The van der Waals surface area contributed by atoms with Gasteiger partial charge in [0.2, 0.25) is 0 Å². The van der Waals surface area contributed by atoms with E-state index in [0.717, 1.165) is 16.7 Å². The van der Waals surface area contributed by atoms with Gasteiger partial charge in [0.25, 0.3) is 5.91 Å². The average molecular weight is 347 g/mol. The Bertz CT molecular complexity index is 788. The van der Waals surface area contributed by atoms with Crippen LogP contribution in [0.5, 0.6) is 11.5 Å². The zero-order valence-electron chi connectivity index (χ0n) is 14.0. The van der Waals surface area contributed by atoms with Crippen LogP contribution in [-0.4, -0.2) is 26.3 Å². The van der Waals surface area contributed by atoms with Crippen LogP contribution < -0.4 is 14.9 Å². The molecule has 1 N–H and O–H groups in total. The summed E-state index contributed by atoms with van der Waals surface area (Å²) in [6.07, 6.45) is 1.55. The first-order valence-corrected chi connectivity index (χ1v) is 7.66. The number of nitrogens with one attached hydrogen (secondary N) is 1. The third kappa shape index (κ3) is 4.06. The second kappa shape index (κ2) is 7.84. The van der Waals surface area contributed by atoms with Crippen molar-refractivity contribution < 1.29 is 14.3 Å². The molecule has 0 fully saturated rings. The summed E-state index contributed by atoms with van der Waals surface area (Å²) < 4.78 is 10.5. The summed E-state index contributed by atoms with van der Waals surface area (Å²) in [5.74, 6) is 0.870. The lowest BCUT2D eigenvalue weighted by atomic mass is 10.1. The fourth-order valence-electron chi connectivity index (χ4n) is 2.16. The predicted octanol–water partition coefficient (Wildman–Crippen LogP) is 3.74. The number of carbonyl (C=O) groups excluding carboxylic acids is 1. The van der Waals surface area contributed by atoms with Crippen molar-refractivity contribution in [1.82, 2.24) is 5.43 Å². The van der Waals surface area contributed by atoms with E-state index in [0.29, 0.717) is 22.1 Å². The Morgan fingerprint density at radius 1 is 1.12 bits per heavy atom. The first-order chi connectivity index (χ1) is 11.5. The van der Waals surface area contributed by atoms with E-state index in [4.69, 9.17) is 21.1 Å². The summed E-state index contributed by atoms with van der Waals surface area (Å²) in [5.41, 5.74) is 5.59. The highest BCUT2D eigenvalue weighted by atomic mass is 35.5. The molecule has 2 rings (SSSR count). The predicted molar refractivity (Wildman–Crippen MR) is 95.5 cm³/mol. The number of hydrogen-bond donors (Lipinski definition) is 1. The van der Waals surface area contributed by atoms with Crippen molar-refractivity contribution >= 4 is 23.7 Å². The molecule has 24 heavy (non-hydrogen) atoms. The number of carbonyl (C=O) groups is 1. The first-order valence-electron chi connectivity index (χ1n) is 7.28. The number of ether oxygens (including phenoxy) is 2. The molecule has 5 nitrogen and oxygen atoms in total. The van der Waals surface area contributed by atoms with E-state index in [1.165, 1.54) is 0 Å². The van der Waals surface area contributed by atoms with E-state index < -0.39 is 0 Å². The van der Waals surface area contributed by atoms with Crippen LogP contribution in [0.25, 0.3) is 0 Å². The Kier molecular flexibility index (Phi) is 5.82. The molecule has 0 aromatic heterocycles. The van der Waals surface area contributed by atoms with Gasteiger partial charge in [-0.25, -0.2) is 5.43 Å². The molecular weight excluding hydrogens is 328 g/mol. The number of halogens is 1. The van der Waals surface area contributed by atoms with Gasteiger partial charge in [-0.2, -0.15) is 5.10 Å². The molecule has 0 heterocycles. The van der Waals surface area contributed by atoms with Crippen molar-refractivity contribution in [3.8, 4) is 11.5 Å². The van der Waals surface area contributed by atoms with Crippen LogP contribution in [0.2, 0.25) is 5.02 Å². The Morgan fingerprint density at radius 3 is 2.42 bits per heavy atom. The summed E-state index contributed by atoms with van der Waals surface area (Å²) in [6, 6.07) is 8.87. The summed E-state index contributed by atoms with van der Waals surface area (Å²) in [6.45, 7) is 3.83. The molecule has 0 unspecified atom stereocenters. The largest absolute Gasteiger partial charge is 0.493 e. The van der Waals surface area contributed by atoms with Crippen molar-refractivity contribution in [2.75, 3.05) is 14.2 Å². The Hall–Kier alpha value is -2.53. The number of aryl methyl sites for hydroxylation is 2. The molecule has 0 aliphatic rings. The highest BCUT2D eigenvalue weighted by Gasteiger charge is 2.10. The SMILES string of the molecule is COc1cc(C)c(/C=N\NC(=O)c2ccc(C)cc2Cl)cc1OC. The standard InChI is InChI=1S/C18H19ClN2O3/c1-11-5-6-14(15(19)7-11)18(22)21-20-10-13-9-17(24-4)16(23-3)8-12(13)2/h5-10H,1-4H3,(H,21,22)/b20-10-. The molecular formula is C18H19ClN2O3. The zero-order valence-corrected chi connectivity index (χ0v) is 14.8. The van der Waals surface area contributed by atoms with Gasteiger partial charge < -0.3 is 9.47 Å². The molecule has 0 aliphatic heterocycles. The van der Waals surface area contributed by atoms with Crippen molar-refractivity contribution in [1.29, 1.82) is 0 Å². The van der Waals surface area contributed by atoms with Crippen LogP contribution >= 0.6 is 11.6 Å². The van der Waals surface area contributed by atoms with Crippen molar-refractivity contribution in [3.05, 3.63) is 57.6 Å². The van der Waals surface area contributed by atoms with E-state index in [9.17, 15) is 4.79 Å². The van der Waals surface area contributed by atoms with Gasteiger partial charge in [-0.1, -0.05) is 17.7 Å². The monoisotopic (exact) mass is 346 g/mol. The van der Waals surface area contributed by atoms with Crippen LogP contribution in [0.1, 0.15) is 27.0 Å². The zero-order chi connectivity index (χ0) is 17.7. The highest BCUT2D eigenvalue weighted by molar-refractivity contribution is 6.33. The van der Waals surface area contributed by atoms with Crippen molar-refractivity contribution in [2.24, 2.45) is 5.10 Å². The van der Waals surface area contributed by atoms with Crippen LogP contribution in [0.3, 0.4) is 0 Å². The van der Waals surface area contributed by atoms with E-state index in [1.807, 2.05) is 26.0 Å². The number of benzene rings is 2. The minimum absolute atomic E-state index is 0.366. The molecule has 0 atom stereocenters. The normalized spacial score (nSPS) is 10.7. The third-order valence-electron chi connectivity index (χ3n) is 3.51. The summed E-state index contributed by atoms with van der Waals surface area (Å²) >= 11 is 6.08. The Labute approximate surface area is 146 Å².